The number of ether oxygens (including phenoxy) is 4. The minimum Gasteiger partial charge on any atom is -0.426 e. The molecule has 4 aliphatic carbocycles. The van der Waals surface area contributed by atoms with E-state index in [9.17, 15) is 19.2 Å². The minimum atomic E-state index is -0.190. The van der Waals surface area contributed by atoms with Crippen molar-refractivity contribution in [3.63, 3.8) is 0 Å². The Hall–Kier alpha value is -5.24. The summed E-state index contributed by atoms with van der Waals surface area (Å²) >= 11 is 0. The second-order valence-electron chi connectivity index (χ2n) is 19.4. The van der Waals surface area contributed by atoms with E-state index in [1.54, 1.807) is 0 Å². The molecule has 0 saturated carbocycles. The third kappa shape index (κ3) is 34.8. The zero-order chi connectivity index (χ0) is 63.8. The number of carbonyl (C=O) groups excluding carboxylic acids is 4. The number of fused-ring (bicyclic) bond motifs is 4. The van der Waals surface area contributed by atoms with Crippen LogP contribution >= 0.6 is 0 Å². The Bertz CT molecular complexity index is 2080. The van der Waals surface area contributed by atoms with Crippen molar-refractivity contribution >= 4 is 23.9 Å². The summed E-state index contributed by atoms with van der Waals surface area (Å²) in [5, 5.41) is 0. The van der Waals surface area contributed by atoms with E-state index in [0.717, 1.165) is 151 Å². The molecular weight excluding hydrogens is 1140 g/mol. The normalized spacial score (nSPS) is 11.4. The number of aryl methyl sites for hydroxylation is 4. The van der Waals surface area contributed by atoms with Crippen LogP contribution in [0.15, 0.2) is 48.5 Å². The fraction of sp³-hybridized carbons (Fsp3) is 0.667. The molecule has 0 bridgehead atoms. The van der Waals surface area contributed by atoms with Crippen LogP contribution in [0.1, 0.15) is 371 Å². The molecule has 540 valence electrons. The van der Waals surface area contributed by atoms with Crippen molar-refractivity contribution in [3.05, 3.63) is 93.0 Å². The van der Waals surface area contributed by atoms with Gasteiger partial charge in [0, 0.05) is 47.9 Å². The largest absolute Gasteiger partial charge is 0.426 e. The molecule has 8 heteroatoms. The van der Waals surface area contributed by atoms with Gasteiger partial charge in [-0.05, 0) is 197 Å². The predicted octanol–water partition coefficient (Wildman–Crippen LogP) is 27.9. The van der Waals surface area contributed by atoms with Gasteiger partial charge < -0.3 is 18.9 Å². The van der Waals surface area contributed by atoms with Crippen molar-refractivity contribution in [2.24, 2.45) is 0 Å². The molecule has 8 rings (SSSR count). The molecule has 0 heterocycles. The fourth-order valence-corrected chi connectivity index (χ4v) is 10.6. The predicted molar refractivity (Wildman–Crippen MR) is 416 cm³/mol. The Morgan fingerprint density at radius 1 is 0.261 bits per heavy atom. The van der Waals surface area contributed by atoms with Gasteiger partial charge in [-0.25, -0.2) is 0 Å². The van der Waals surface area contributed by atoms with Crippen LogP contribution in [0.4, 0.5) is 0 Å². The molecule has 0 fully saturated rings. The number of esters is 4. The highest BCUT2D eigenvalue weighted by Gasteiger charge is 2.30. The monoisotopic (exact) mass is 1290 g/mol. The molecule has 4 aromatic carbocycles. The number of rotatable bonds is 18. The standard InChI is InChI=1S/2C30H38O4.8C2H6.8CH4/c2*1-3-5-15-27(31)33-25-19-17-21-11-7-9-13-23(21)29(25)30-24-14-10-8-12-22(24)18-20-26(30)34-28(32)16-6-4-2;8*1-2;;;;;;;;/h2*17-20H,3-16H2,1-2H3;8*1-2H3;8*1H4. The van der Waals surface area contributed by atoms with Crippen LogP contribution in [-0.4, -0.2) is 23.9 Å². The summed E-state index contributed by atoms with van der Waals surface area (Å²) in [5.74, 6) is 1.71. The molecule has 0 amide bonds. The molecule has 0 radical (unpaired) electrons. The topological polar surface area (TPSA) is 105 Å². The van der Waals surface area contributed by atoms with Gasteiger partial charge in [-0.3, -0.25) is 19.2 Å². The third-order valence-corrected chi connectivity index (χ3v) is 14.3. The SMILES string of the molecule is C.C.C.C.C.C.C.C.CC.CC.CC.CC.CC.CC.CC.CC.CCCCC(=O)Oc1ccc2c(c1-c1c(OC(=O)CCCC)ccc3c1CCCC3)CCCC2.CCCCC(=O)Oc1ccc2c(c1-c1c(OC(=O)CCCC)ccc3c1CCCC3)CCCC2. The van der Waals surface area contributed by atoms with E-state index in [-0.39, 0.29) is 83.3 Å². The van der Waals surface area contributed by atoms with Crippen LogP contribution in [0.25, 0.3) is 22.3 Å². The molecule has 0 aliphatic heterocycles. The van der Waals surface area contributed by atoms with Crippen molar-refractivity contribution in [2.45, 2.75) is 378 Å². The number of carbonyl (C=O) groups is 4. The highest BCUT2D eigenvalue weighted by Crippen LogP contribution is 2.49. The maximum absolute atomic E-state index is 12.7. The molecule has 0 N–H and O–H groups in total. The van der Waals surface area contributed by atoms with Crippen LogP contribution in [-0.2, 0) is 70.5 Å². The smallest absolute Gasteiger partial charge is 0.311 e. The summed E-state index contributed by atoms with van der Waals surface area (Å²) < 4.78 is 24.0. The van der Waals surface area contributed by atoms with Gasteiger partial charge in [0.15, 0.2) is 0 Å². The van der Waals surface area contributed by atoms with Gasteiger partial charge in [-0.15, -0.1) is 0 Å². The Morgan fingerprint density at radius 2 is 0.413 bits per heavy atom. The second kappa shape index (κ2) is 68.6. The number of benzene rings is 4. The highest BCUT2D eigenvalue weighted by atomic mass is 16.5. The minimum absolute atomic E-state index is 0. The lowest BCUT2D eigenvalue weighted by Gasteiger charge is -2.27. The summed E-state index contributed by atoms with van der Waals surface area (Å²) in [4.78, 5) is 50.7. The number of hydrogen-bond donors (Lipinski definition) is 0. The molecule has 4 aromatic rings. The van der Waals surface area contributed by atoms with E-state index in [1.807, 2.05) is 135 Å². The molecule has 0 atom stereocenters. The zero-order valence-corrected chi connectivity index (χ0v) is 57.7. The number of unbranched alkanes of at least 4 members (excludes halogenated alkanes) is 4. The van der Waals surface area contributed by atoms with E-state index in [1.165, 1.54) is 70.2 Å². The second-order valence-corrected chi connectivity index (χ2v) is 19.4. The van der Waals surface area contributed by atoms with E-state index in [2.05, 4.69) is 52.0 Å². The first-order valence-electron chi connectivity index (χ1n) is 34.7. The van der Waals surface area contributed by atoms with Crippen molar-refractivity contribution in [1.29, 1.82) is 0 Å². The van der Waals surface area contributed by atoms with Crippen molar-refractivity contribution < 1.29 is 38.1 Å². The first kappa shape index (κ1) is 108. The summed E-state index contributed by atoms with van der Waals surface area (Å²) in [6.45, 7) is 40.3. The van der Waals surface area contributed by atoms with E-state index in [0.29, 0.717) is 48.7 Å². The molecule has 8 nitrogen and oxygen atoms in total. The summed E-state index contributed by atoms with van der Waals surface area (Å²) in [6.07, 6.45) is 25.9. The molecule has 4 aliphatic rings. The highest BCUT2D eigenvalue weighted by molar-refractivity contribution is 5.89. The van der Waals surface area contributed by atoms with Crippen molar-refractivity contribution in [2.75, 3.05) is 0 Å². The van der Waals surface area contributed by atoms with Crippen LogP contribution in [0.3, 0.4) is 0 Å². The van der Waals surface area contributed by atoms with Crippen molar-refractivity contribution in [1.82, 2.24) is 0 Å². The molecule has 0 aromatic heterocycles. The summed E-state index contributed by atoms with van der Waals surface area (Å²) in [7, 11) is 0. The Kier molecular flexibility index (Phi) is 80.8. The van der Waals surface area contributed by atoms with Gasteiger partial charge >= 0.3 is 23.9 Å². The van der Waals surface area contributed by atoms with Gasteiger partial charge in [0.25, 0.3) is 0 Å². The molecule has 0 saturated heterocycles. The molecular formula is C84H156O8. The first-order valence-corrected chi connectivity index (χ1v) is 34.7. The average Bonchev–Trinajstić information content (AvgIpc) is 0.768. The summed E-state index contributed by atoms with van der Waals surface area (Å²) in [5.41, 5.74) is 14.3. The number of hydrogen-bond acceptors (Lipinski definition) is 8. The molecule has 0 spiro atoms. The maximum atomic E-state index is 12.7. The molecule has 0 unspecified atom stereocenters. The lowest BCUT2D eigenvalue weighted by molar-refractivity contribution is -0.135. The van der Waals surface area contributed by atoms with E-state index in [4.69, 9.17) is 18.9 Å². The van der Waals surface area contributed by atoms with Crippen LogP contribution in [0, 0.1) is 0 Å². The zero-order valence-electron chi connectivity index (χ0n) is 57.7. The summed E-state index contributed by atoms with van der Waals surface area (Å²) in [6, 6.07) is 16.4. The lowest BCUT2D eigenvalue weighted by Crippen LogP contribution is -2.15. The first-order chi connectivity index (χ1) is 41.2. The Labute approximate surface area is 575 Å². The quantitative estimate of drug-likeness (QED) is 0.0717. The van der Waals surface area contributed by atoms with Gasteiger partial charge in [0.1, 0.15) is 23.0 Å². The van der Waals surface area contributed by atoms with Crippen LogP contribution < -0.4 is 18.9 Å². The van der Waals surface area contributed by atoms with E-state index < -0.39 is 0 Å². The Morgan fingerprint density at radius 3 is 0.565 bits per heavy atom. The van der Waals surface area contributed by atoms with Gasteiger partial charge in [0.2, 0.25) is 0 Å². The van der Waals surface area contributed by atoms with Crippen LogP contribution in [0.5, 0.6) is 23.0 Å². The van der Waals surface area contributed by atoms with Crippen molar-refractivity contribution in [3.8, 4) is 45.3 Å². The fourth-order valence-electron chi connectivity index (χ4n) is 10.6. The Balaban J connectivity index is -0.000000140. The van der Waals surface area contributed by atoms with Gasteiger partial charge in [0.05, 0.1) is 0 Å². The maximum Gasteiger partial charge on any atom is 0.311 e. The third-order valence-electron chi connectivity index (χ3n) is 14.3. The van der Waals surface area contributed by atoms with Crippen LogP contribution in [0.2, 0.25) is 0 Å². The lowest BCUT2D eigenvalue weighted by atomic mass is 9.80. The average molecular weight is 1290 g/mol. The molecule has 92 heavy (non-hydrogen) atoms. The van der Waals surface area contributed by atoms with Gasteiger partial charge in [-0.2, -0.15) is 0 Å². The van der Waals surface area contributed by atoms with Gasteiger partial charge in [-0.1, -0.05) is 248 Å². The van der Waals surface area contributed by atoms with E-state index >= 15 is 0 Å².